The number of allylic oxidation sites excluding steroid dienone is 1. The third kappa shape index (κ3) is 4.11. The van der Waals surface area contributed by atoms with E-state index in [4.69, 9.17) is 0 Å². The Morgan fingerprint density at radius 3 is 2.14 bits per heavy atom. The molecule has 2 aromatic rings. The predicted molar refractivity (Wildman–Crippen MR) is 103 cm³/mol. The van der Waals surface area contributed by atoms with Crippen LogP contribution in [0.5, 0.6) is 0 Å². The Bertz CT molecular complexity index is 675. The molecule has 22 heavy (non-hydrogen) atoms. The van der Waals surface area contributed by atoms with Crippen molar-refractivity contribution in [3.05, 3.63) is 63.2 Å². The molecule has 0 saturated heterocycles. The Kier molecular flexibility index (Phi) is 6.02. The summed E-state index contributed by atoms with van der Waals surface area (Å²) in [6.45, 7) is 6.30. The summed E-state index contributed by atoms with van der Waals surface area (Å²) in [6, 6.07) is 18.7. The Morgan fingerprint density at radius 2 is 1.64 bits per heavy atom. The summed E-state index contributed by atoms with van der Waals surface area (Å²) in [7, 11) is 0. The molecule has 0 unspecified atom stereocenters. The van der Waals surface area contributed by atoms with E-state index in [9.17, 15) is 5.26 Å². The van der Waals surface area contributed by atoms with Gasteiger partial charge in [-0.05, 0) is 77.9 Å². The van der Waals surface area contributed by atoms with Crippen molar-refractivity contribution in [3.63, 3.8) is 0 Å². The fourth-order valence-corrected chi connectivity index (χ4v) is 2.71. The van der Waals surface area contributed by atoms with Gasteiger partial charge in [0.1, 0.15) is 0 Å². The lowest BCUT2D eigenvalue weighted by Crippen LogP contribution is -2.21. The fraction of sp³-hybridized carbons (Fsp3) is 0.211. The zero-order chi connectivity index (χ0) is 15.9. The van der Waals surface area contributed by atoms with E-state index in [2.05, 4.69) is 71.7 Å². The molecule has 2 rings (SSSR count). The van der Waals surface area contributed by atoms with Crippen molar-refractivity contribution in [1.29, 1.82) is 5.26 Å². The first-order valence-corrected chi connectivity index (χ1v) is 8.48. The fourth-order valence-electron chi connectivity index (χ4n) is 2.35. The van der Waals surface area contributed by atoms with Gasteiger partial charge in [0, 0.05) is 22.3 Å². The Labute approximate surface area is 146 Å². The van der Waals surface area contributed by atoms with Crippen molar-refractivity contribution in [2.45, 2.75) is 13.8 Å². The third-order valence-corrected chi connectivity index (χ3v) is 4.33. The zero-order valence-corrected chi connectivity index (χ0v) is 15.0. The molecular formula is C19H19IN2. The number of benzene rings is 2. The third-order valence-electron chi connectivity index (χ3n) is 3.61. The highest BCUT2D eigenvalue weighted by molar-refractivity contribution is 14.1. The molecule has 0 heterocycles. The first-order valence-electron chi connectivity index (χ1n) is 7.40. The van der Waals surface area contributed by atoms with Crippen LogP contribution in [-0.2, 0) is 0 Å². The molecule has 0 spiro atoms. The van der Waals surface area contributed by atoms with E-state index in [-0.39, 0.29) is 0 Å². The summed E-state index contributed by atoms with van der Waals surface area (Å²) in [6.07, 6.45) is 1.94. The highest BCUT2D eigenvalue weighted by Gasteiger charge is 2.03. The van der Waals surface area contributed by atoms with Crippen LogP contribution in [0.15, 0.2) is 48.5 Å². The van der Waals surface area contributed by atoms with Crippen molar-refractivity contribution >= 4 is 39.9 Å². The molecule has 0 atom stereocenters. The van der Waals surface area contributed by atoms with E-state index < -0.39 is 0 Å². The van der Waals surface area contributed by atoms with E-state index in [1.807, 2.05) is 30.3 Å². The molecule has 0 aliphatic carbocycles. The van der Waals surface area contributed by atoms with Crippen LogP contribution in [0.3, 0.4) is 0 Å². The maximum absolute atomic E-state index is 9.40. The summed E-state index contributed by atoms with van der Waals surface area (Å²) in [5, 5.41) is 9.40. The largest absolute Gasteiger partial charge is 0.372 e. The second-order valence-corrected chi connectivity index (χ2v) is 6.19. The van der Waals surface area contributed by atoms with E-state index in [1.165, 1.54) is 9.26 Å². The van der Waals surface area contributed by atoms with E-state index in [1.54, 1.807) is 0 Å². The number of hydrogen-bond acceptors (Lipinski definition) is 2. The molecule has 0 aliphatic rings. The lowest BCUT2D eigenvalue weighted by molar-refractivity contribution is 0.866. The van der Waals surface area contributed by atoms with E-state index in [0.29, 0.717) is 5.57 Å². The van der Waals surface area contributed by atoms with Crippen LogP contribution in [0.25, 0.3) is 11.6 Å². The lowest BCUT2D eigenvalue weighted by Gasteiger charge is -2.20. The predicted octanol–water partition coefficient (Wildman–Crippen LogP) is 5.20. The van der Waals surface area contributed by atoms with Gasteiger partial charge in [-0.25, -0.2) is 0 Å². The molecule has 0 amide bonds. The molecule has 3 heteroatoms. The molecule has 2 aromatic carbocycles. The number of halogens is 1. The van der Waals surface area contributed by atoms with Crippen molar-refractivity contribution < 1.29 is 0 Å². The topological polar surface area (TPSA) is 27.0 Å². The Hall–Kier alpha value is -1.80. The van der Waals surface area contributed by atoms with Gasteiger partial charge < -0.3 is 4.90 Å². The second kappa shape index (κ2) is 8.00. The van der Waals surface area contributed by atoms with Crippen LogP contribution in [0.1, 0.15) is 25.0 Å². The van der Waals surface area contributed by atoms with Crippen molar-refractivity contribution in [1.82, 2.24) is 0 Å². The molecule has 2 nitrogen and oxygen atoms in total. The molecule has 0 radical (unpaired) electrons. The maximum Gasteiger partial charge on any atom is 0.0998 e. The van der Waals surface area contributed by atoms with Gasteiger partial charge in [0.25, 0.3) is 0 Å². The van der Waals surface area contributed by atoms with Gasteiger partial charge in [-0.15, -0.1) is 0 Å². The van der Waals surface area contributed by atoms with Crippen LogP contribution in [0, 0.1) is 14.9 Å². The number of anilines is 1. The molecule has 0 aromatic heterocycles. The smallest absolute Gasteiger partial charge is 0.0998 e. The summed E-state index contributed by atoms with van der Waals surface area (Å²) >= 11 is 2.27. The van der Waals surface area contributed by atoms with Crippen molar-refractivity contribution in [2.24, 2.45) is 0 Å². The monoisotopic (exact) mass is 402 g/mol. The van der Waals surface area contributed by atoms with Crippen LogP contribution in [0.2, 0.25) is 0 Å². The second-order valence-electron chi connectivity index (χ2n) is 4.94. The zero-order valence-electron chi connectivity index (χ0n) is 12.9. The van der Waals surface area contributed by atoms with Crippen LogP contribution < -0.4 is 4.90 Å². The first kappa shape index (κ1) is 16.6. The summed E-state index contributed by atoms with van der Waals surface area (Å²) < 4.78 is 1.17. The number of rotatable bonds is 5. The maximum atomic E-state index is 9.40. The minimum Gasteiger partial charge on any atom is -0.372 e. The van der Waals surface area contributed by atoms with Crippen LogP contribution >= 0.6 is 22.6 Å². The normalized spacial score (nSPS) is 11.1. The highest BCUT2D eigenvalue weighted by atomic mass is 127. The molecule has 0 aliphatic heterocycles. The SMILES string of the molecule is CCN(CC)c1ccc(/C=C(/C#N)c2ccc(I)cc2)cc1. The van der Waals surface area contributed by atoms with Gasteiger partial charge in [-0.1, -0.05) is 24.3 Å². The van der Waals surface area contributed by atoms with Gasteiger partial charge in [-0.2, -0.15) is 5.26 Å². The Morgan fingerprint density at radius 1 is 1.05 bits per heavy atom. The minimum absolute atomic E-state index is 0.687. The van der Waals surface area contributed by atoms with Crippen LogP contribution in [0.4, 0.5) is 5.69 Å². The molecule has 0 saturated carbocycles. The van der Waals surface area contributed by atoms with E-state index in [0.717, 1.165) is 24.2 Å². The van der Waals surface area contributed by atoms with Crippen LogP contribution in [-0.4, -0.2) is 13.1 Å². The Balaban J connectivity index is 2.27. The van der Waals surface area contributed by atoms with Gasteiger partial charge >= 0.3 is 0 Å². The van der Waals surface area contributed by atoms with Crippen molar-refractivity contribution in [2.75, 3.05) is 18.0 Å². The van der Waals surface area contributed by atoms with Gasteiger partial charge in [0.05, 0.1) is 11.6 Å². The van der Waals surface area contributed by atoms with Gasteiger partial charge in [0.2, 0.25) is 0 Å². The first-order chi connectivity index (χ1) is 10.7. The minimum atomic E-state index is 0.687. The van der Waals surface area contributed by atoms with Crippen molar-refractivity contribution in [3.8, 4) is 6.07 Å². The quantitative estimate of drug-likeness (QED) is 0.391. The number of hydrogen-bond donors (Lipinski definition) is 0. The highest BCUT2D eigenvalue weighted by Crippen LogP contribution is 2.21. The van der Waals surface area contributed by atoms with Gasteiger partial charge in [0.15, 0.2) is 0 Å². The number of nitriles is 1. The molecule has 0 N–H and O–H groups in total. The molecule has 112 valence electrons. The molecule has 0 bridgehead atoms. The average molecular weight is 402 g/mol. The van der Waals surface area contributed by atoms with Gasteiger partial charge in [-0.3, -0.25) is 0 Å². The average Bonchev–Trinajstić information content (AvgIpc) is 2.56. The molecular weight excluding hydrogens is 383 g/mol. The summed E-state index contributed by atoms with van der Waals surface area (Å²) in [5.74, 6) is 0. The molecule has 0 fully saturated rings. The summed E-state index contributed by atoms with van der Waals surface area (Å²) in [5.41, 5.74) is 3.91. The lowest BCUT2D eigenvalue weighted by atomic mass is 10.0. The standard InChI is InChI=1S/C19H19IN2/c1-3-22(4-2)19-11-5-15(6-12-19)13-17(14-21)16-7-9-18(20)10-8-16/h5-13H,3-4H2,1-2H3/b17-13-. The van der Waals surface area contributed by atoms with E-state index >= 15 is 0 Å². The summed E-state index contributed by atoms with van der Waals surface area (Å²) in [4.78, 5) is 2.30. The number of nitrogens with zero attached hydrogens (tertiary/aromatic N) is 2.